The molecule has 4 nitrogen and oxygen atoms in total. The zero-order valence-electron chi connectivity index (χ0n) is 12.1. The Morgan fingerprint density at radius 2 is 1.81 bits per heavy atom. The molecule has 0 aliphatic heterocycles. The van der Waals surface area contributed by atoms with Gasteiger partial charge in [-0.05, 0) is 18.1 Å². The van der Waals surface area contributed by atoms with Gasteiger partial charge in [-0.2, -0.15) is 0 Å². The summed E-state index contributed by atoms with van der Waals surface area (Å²) < 4.78 is 5.25. The van der Waals surface area contributed by atoms with Crippen molar-refractivity contribution < 1.29 is 9.53 Å². The fourth-order valence-electron chi connectivity index (χ4n) is 2.12. The molecule has 0 aromatic heterocycles. The summed E-state index contributed by atoms with van der Waals surface area (Å²) in [6, 6.07) is 16.8. The minimum Gasteiger partial charge on any atom is -0.496 e. The van der Waals surface area contributed by atoms with E-state index in [1.54, 1.807) is 7.11 Å². The van der Waals surface area contributed by atoms with Crippen LogP contribution in [0.4, 0.5) is 0 Å². The number of para-hydroxylation sites is 1. The van der Waals surface area contributed by atoms with E-state index in [1.807, 2.05) is 54.6 Å². The van der Waals surface area contributed by atoms with Crippen molar-refractivity contribution in [2.24, 2.45) is 5.73 Å². The molecule has 110 valence electrons. The van der Waals surface area contributed by atoms with Crippen LogP contribution >= 0.6 is 0 Å². The molecule has 0 aliphatic carbocycles. The van der Waals surface area contributed by atoms with E-state index in [-0.39, 0.29) is 5.91 Å². The number of benzene rings is 2. The molecule has 0 radical (unpaired) electrons. The van der Waals surface area contributed by atoms with Crippen LogP contribution in [0.3, 0.4) is 0 Å². The average molecular weight is 284 g/mol. The van der Waals surface area contributed by atoms with Crippen molar-refractivity contribution in [3.05, 3.63) is 65.7 Å². The molecule has 2 aromatic rings. The van der Waals surface area contributed by atoms with Crippen LogP contribution < -0.4 is 15.8 Å². The second kappa shape index (κ2) is 7.45. The molecule has 0 aliphatic rings. The molecule has 2 aromatic carbocycles. The Bertz CT molecular complexity index is 584. The number of nitrogens with two attached hydrogens (primary N) is 1. The Labute approximate surface area is 124 Å². The van der Waals surface area contributed by atoms with Crippen molar-refractivity contribution in [3.63, 3.8) is 0 Å². The molecule has 0 spiro atoms. The molecule has 2 rings (SSSR count). The summed E-state index contributed by atoms with van der Waals surface area (Å²) in [4.78, 5) is 12.0. The molecule has 4 heteroatoms. The summed E-state index contributed by atoms with van der Waals surface area (Å²) >= 11 is 0. The second-order valence-corrected chi connectivity index (χ2v) is 4.83. The van der Waals surface area contributed by atoms with E-state index in [4.69, 9.17) is 10.5 Å². The second-order valence-electron chi connectivity index (χ2n) is 4.83. The summed E-state index contributed by atoms with van der Waals surface area (Å²) in [5.74, 6) is 0.596. The lowest BCUT2D eigenvalue weighted by molar-refractivity contribution is -0.122. The summed E-state index contributed by atoms with van der Waals surface area (Å²) in [5.41, 5.74) is 7.92. The quantitative estimate of drug-likeness (QED) is 0.851. The lowest BCUT2D eigenvalue weighted by Crippen LogP contribution is -2.41. The normalized spacial score (nSPS) is 11.7. The zero-order chi connectivity index (χ0) is 15.1. The first-order valence-corrected chi connectivity index (χ1v) is 6.90. The topological polar surface area (TPSA) is 64.3 Å². The molecular formula is C17H20N2O2. The number of methoxy groups -OCH3 is 1. The highest BCUT2D eigenvalue weighted by Gasteiger charge is 2.14. The van der Waals surface area contributed by atoms with Crippen LogP contribution in [0.2, 0.25) is 0 Å². The molecule has 1 amide bonds. The van der Waals surface area contributed by atoms with E-state index >= 15 is 0 Å². The number of amides is 1. The van der Waals surface area contributed by atoms with E-state index in [0.717, 1.165) is 16.9 Å². The first-order chi connectivity index (χ1) is 10.2. The minimum atomic E-state index is -0.554. The zero-order valence-corrected chi connectivity index (χ0v) is 12.1. The van der Waals surface area contributed by atoms with E-state index in [0.29, 0.717) is 13.0 Å². The Morgan fingerprint density at radius 3 is 2.52 bits per heavy atom. The standard InChI is InChI=1S/C17H20N2O2/c1-21-16-10-6-5-9-14(16)12-19-17(20)15(18)11-13-7-3-2-4-8-13/h2-10,15H,11-12,18H2,1H3,(H,19,20). The van der Waals surface area contributed by atoms with Crippen LogP contribution in [0, 0.1) is 0 Å². The Kier molecular flexibility index (Phi) is 5.35. The number of carbonyl (C=O) groups is 1. The van der Waals surface area contributed by atoms with Gasteiger partial charge < -0.3 is 15.8 Å². The number of ether oxygens (including phenoxy) is 1. The summed E-state index contributed by atoms with van der Waals surface area (Å²) in [6.45, 7) is 0.408. The highest BCUT2D eigenvalue weighted by molar-refractivity contribution is 5.81. The molecule has 1 atom stereocenters. The third-order valence-electron chi connectivity index (χ3n) is 3.28. The molecule has 3 N–H and O–H groups in total. The molecule has 0 saturated heterocycles. The summed E-state index contributed by atoms with van der Waals surface area (Å²) in [6.07, 6.45) is 0.526. The van der Waals surface area contributed by atoms with Gasteiger partial charge in [0.05, 0.1) is 13.2 Å². The largest absolute Gasteiger partial charge is 0.496 e. The smallest absolute Gasteiger partial charge is 0.237 e. The molecule has 0 heterocycles. The van der Waals surface area contributed by atoms with Crippen LogP contribution in [-0.2, 0) is 17.8 Å². The van der Waals surface area contributed by atoms with E-state index in [1.165, 1.54) is 0 Å². The van der Waals surface area contributed by atoms with Gasteiger partial charge in [0, 0.05) is 12.1 Å². The highest BCUT2D eigenvalue weighted by atomic mass is 16.5. The van der Waals surface area contributed by atoms with Gasteiger partial charge in [0.1, 0.15) is 5.75 Å². The fraction of sp³-hybridized carbons (Fsp3) is 0.235. The van der Waals surface area contributed by atoms with Crippen LogP contribution in [-0.4, -0.2) is 19.1 Å². The van der Waals surface area contributed by atoms with Gasteiger partial charge in [-0.25, -0.2) is 0 Å². The van der Waals surface area contributed by atoms with Crippen molar-refractivity contribution in [1.29, 1.82) is 0 Å². The van der Waals surface area contributed by atoms with Crippen LogP contribution in [0.5, 0.6) is 5.75 Å². The van der Waals surface area contributed by atoms with Crippen molar-refractivity contribution in [2.75, 3.05) is 7.11 Å². The van der Waals surface area contributed by atoms with Crippen molar-refractivity contribution >= 4 is 5.91 Å². The predicted molar refractivity (Wildman–Crippen MR) is 83.0 cm³/mol. The minimum absolute atomic E-state index is 0.162. The molecule has 1 unspecified atom stereocenters. The van der Waals surface area contributed by atoms with Crippen molar-refractivity contribution in [3.8, 4) is 5.75 Å². The maximum atomic E-state index is 12.0. The third kappa shape index (κ3) is 4.33. The van der Waals surface area contributed by atoms with E-state index in [9.17, 15) is 4.79 Å². The van der Waals surface area contributed by atoms with Crippen molar-refractivity contribution in [1.82, 2.24) is 5.32 Å². The Balaban J connectivity index is 1.89. The molecule has 0 saturated carbocycles. The number of nitrogens with one attached hydrogen (secondary N) is 1. The number of rotatable bonds is 6. The van der Waals surface area contributed by atoms with Crippen LogP contribution in [0.1, 0.15) is 11.1 Å². The van der Waals surface area contributed by atoms with Gasteiger partial charge >= 0.3 is 0 Å². The molecule has 21 heavy (non-hydrogen) atoms. The maximum Gasteiger partial charge on any atom is 0.237 e. The first kappa shape index (κ1) is 15.1. The van der Waals surface area contributed by atoms with Gasteiger partial charge in [-0.3, -0.25) is 4.79 Å². The maximum absolute atomic E-state index is 12.0. The Morgan fingerprint density at radius 1 is 1.14 bits per heavy atom. The SMILES string of the molecule is COc1ccccc1CNC(=O)C(N)Cc1ccccc1. The molecular weight excluding hydrogens is 264 g/mol. The summed E-state index contributed by atoms with van der Waals surface area (Å²) in [7, 11) is 1.61. The molecule has 0 bridgehead atoms. The van der Waals surface area contributed by atoms with Gasteiger partial charge in [0.25, 0.3) is 0 Å². The fourth-order valence-corrected chi connectivity index (χ4v) is 2.12. The van der Waals surface area contributed by atoms with Crippen LogP contribution in [0.25, 0.3) is 0 Å². The number of carbonyl (C=O) groups excluding carboxylic acids is 1. The van der Waals surface area contributed by atoms with E-state index in [2.05, 4.69) is 5.32 Å². The van der Waals surface area contributed by atoms with E-state index < -0.39 is 6.04 Å². The van der Waals surface area contributed by atoms with Gasteiger partial charge in [0.15, 0.2) is 0 Å². The van der Waals surface area contributed by atoms with Crippen molar-refractivity contribution in [2.45, 2.75) is 19.0 Å². The average Bonchev–Trinajstić information content (AvgIpc) is 2.53. The van der Waals surface area contributed by atoms with Gasteiger partial charge in [0.2, 0.25) is 5.91 Å². The summed E-state index contributed by atoms with van der Waals surface area (Å²) in [5, 5.41) is 2.85. The van der Waals surface area contributed by atoms with Crippen LogP contribution in [0.15, 0.2) is 54.6 Å². The lowest BCUT2D eigenvalue weighted by atomic mass is 10.1. The first-order valence-electron chi connectivity index (χ1n) is 6.90. The third-order valence-corrected chi connectivity index (χ3v) is 3.28. The van der Waals surface area contributed by atoms with Gasteiger partial charge in [-0.15, -0.1) is 0 Å². The molecule has 0 fully saturated rings. The number of hydrogen-bond acceptors (Lipinski definition) is 3. The number of hydrogen-bond donors (Lipinski definition) is 2. The lowest BCUT2D eigenvalue weighted by Gasteiger charge is -2.13. The predicted octanol–water partition coefficient (Wildman–Crippen LogP) is 1.88. The Hall–Kier alpha value is -2.33. The highest BCUT2D eigenvalue weighted by Crippen LogP contribution is 2.16. The monoisotopic (exact) mass is 284 g/mol. The van der Waals surface area contributed by atoms with Gasteiger partial charge in [-0.1, -0.05) is 48.5 Å².